The molecule has 1 aromatic rings. The van der Waals surface area contributed by atoms with Gasteiger partial charge in [0.15, 0.2) is 0 Å². The Bertz CT molecular complexity index is 389. The molecule has 3 nitrogen and oxygen atoms in total. The van der Waals surface area contributed by atoms with E-state index in [4.69, 9.17) is 0 Å². The highest BCUT2D eigenvalue weighted by molar-refractivity contribution is 5.51. The van der Waals surface area contributed by atoms with E-state index in [2.05, 4.69) is 48.1 Å². The third-order valence-corrected chi connectivity index (χ3v) is 3.65. The molecule has 1 aromatic heterocycles. The van der Waals surface area contributed by atoms with Gasteiger partial charge in [-0.2, -0.15) is 0 Å². The lowest BCUT2D eigenvalue weighted by atomic mass is 10.1. The van der Waals surface area contributed by atoms with Crippen LogP contribution in [0.3, 0.4) is 0 Å². The molecule has 3 heteroatoms. The minimum absolute atomic E-state index is 0.623. The van der Waals surface area contributed by atoms with Crippen molar-refractivity contribution in [3.8, 4) is 0 Å². The fourth-order valence-electron chi connectivity index (χ4n) is 2.77. The van der Waals surface area contributed by atoms with Crippen LogP contribution >= 0.6 is 0 Å². The zero-order chi connectivity index (χ0) is 13.0. The van der Waals surface area contributed by atoms with Crippen molar-refractivity contribution in [1.29, 1.82) is 0 Å². The third-order valence-electron chi connectivity index (χ3n) is 3.65. The van der Waals surface area contributed by atoms with Gasteiger partial charge in [0.25, 0.3) is 0 Å². The second kappa shape index (κ2) is 6.19. The Morgan fingerprint density at radius 2 is 2.22 bits per heavy atom. The van der Waals surface area contributed by atoms with E-state index in [0.717, 1.165) is 31.0 Å². The number of pyridine rings is 1. The summed E-state index contributed by atoms with van der Waals surface area (Å²) in [6.07, 6.45) is 3.72. The van der Waals surface area contributed by atoms with Gasteiger partial charge in [-0.3, -0.25) is 4.98 Å². The average molecular weight is 247 g/mol. The first-order valence-corrected chi connectivity index (χ1v) is 7.13. The van der Waals surface area contributed by atoms with Gasteiger partial charge >= 0.3 is 0 Å². The zero-order valence-corrected chi connectivity index (χ0v) is 11.9. The quantitative estimate of drug-likeness (QED) is 0.890. The maximum absolute atomic E-state index is 4.59. The van der Waals surface area contributed by atoms with Gasteiger partial charge < -0.3 is 10.2 Å². The molecule has 1 saturated heterocycles. The Hall–Kier alpha value is -1.09. The number of aromatic nitrogens is 1. The number of nitrogens with one attached hydrogen (secondary N) is 1. The summed E-state index contributed by atoms with van der Waals surface area (Å²) in [6, 6.07) is 4.97. The molecule has 0 bridgehead atoms. The molecular formula is C15H25N3. The van der Waals surface area contributed by atoms with Crippen LogP contribution in [0.2, 0.25) is 0 Å². The number of hydrogen-bond donors (Lipinski definition) is 1. The maximum atomic E-state index is 4.59. The number of rotatable bonds is 3. The van der Waals surface area contributed by atoms with E-state index in [9.17, 15) is 0 Å². The molecule has 0 amide bonds. The van der Waals surface area contributed by atoms with Gasteiger partial charge in [-0.1, -0.05) is 13.3 Å². The molecule has 1 fully saturated rings. The van der Waals surface area contributed by atoms with Gasteiger partial charge in [0, 0.05) is 24.8 Å². The Labute approximate surface area is 111 Å². The van der Waals surface area contributed by atoms with E-state index >= 15 is 0 Å². The largest absolute Gasteiger partial charge is 0.368 e. The van der Waals surface area contributed by atoms with Gasteiger partial charge in [0.1, 0.15) is 0 Å². The van der Waals surface area contributed by atoms with E-state index in [1.165, 1.54) is 24.9 Å². The first-order chi connectivity index (χ1) is 8.70. The van der Waals surface area contributed by atoms with E-state index in [-0.39, 0.29) is 0 Å². The maximum Gasteiger partial charge on any atom is 0.0608 e. The second-order valence-corrected chi connectivity index (χ2v) is 5.30. The van der Waals surface area contributed by atoms with Crippen LogP contribution in [0.5, 0.6) is 0 Å². The summed E-state index contributed by atoms with van der Waals surface area (Å²) < 4.78 is 0. The van der Waals surface area contributed by atoms with Crippen LogP contribution in [0.25, 0.3) is 0 Å². The molecule has 0 spiro atoms. The molecule has 1 aliphatic heterocycles. The van der Waals surface area contributed by atoms with E-state index < -0.39 is 0 Å². The summed E-state index contributed by atoms with van der Waals surface area (Å²) in [7, 11) is 0. The Balaban J connectivity index is 2.14. The third kappa shape index (κ3) is 3.22. The predicted octanol–water partition coefficient (Wildman–Crippen LogP) is 2.67. The van der Waals surface area contributed by atoms with Crippen LogP contribution in [-0.4, -0.2) is 30.7 Å². The molecule has 0 radical (unpaired) electrons. The highest BCUT2D eigenvalue weighted by atomic mass is 15.2. The van der Waals surface area contributed by atoms with Gasteiger partial charge in [-0.05, 0) is 45.4 Å². The number of nitrogens with zero attached hydrogens (tertiary/aromatic N) is 2. The van der Waals surface area contributed by atoms with Crippen molar-refractivity contribution < 1.29 is 0 Å². The topological polar surface area (TPSA) is 28.2 Å². The van der Waals surface area contributed by atoms with Crippen LogP contribution in [0, 0.1) is 13.8 Å². The van der Waals surface area contributed by atoms with Crippen LogP contribution in [0.1, 0.15) is 37.6 Å². The minimum atomic E-state index is 0.623. The molecule has 1 atom stereocenters. The van der Waals surface area contributed by atoms with Crippen molar-refractivity contribution >= 4 is 5.69 Å². The summed E-state index contributed by atoms with van der Waals surface area (Å²) in [5, 5.41) is 3.65. The highest BCUT2D eigenvalue weighted by Crippen LogP contribution is 2.21. The highest BCUT2D eigenvalue weighted by Gasteiger charge is 2.18. The first-order valence-electron chi connectivity index (χ1n) is 7.13. The lowest BCUT2D eigenvalue weighted by Crippen LogP contribution is -2.37. The van der Waals surface area contributed by atoms with Crippen LogP contribution in [0.15, 0.2) is 12.1 Å². The van der Waals surface area contributed by atoms with Crippen LogP contribution in [0.4, 0.5) is 5.69 Å². The predicted molar refractivity (Wildman–Crippen MR) is 77.2 cm³/mol. The fourth-order valence-corrected chi connectivity index (χ4v) is 2.77. The summed E-state index contributed by atoms with van der Waals surface area (Å²) in [6.45, 7) is 9.82. The molecule has 1 N–H and O–H groups in total. The van der Waals surface area contributed by atoms with Gasteiger partial charge in [-0.25, -0.2) is 0 Å². The lowest BCUT2D eigenvalue weighted by Gasteiger charge is -2.27. The molecule has 0 aromatic carbocycles. The molecular weight excluding hydrogens is 222 g/mol. The van der Waals surface area contributed by atoms with Crippen molar-refractivity contribution in [2.75, 3.05) is 24.5 Å². The van der Waals surface area contributed by atoms with E-state index in [1.54, 1.807) is 0 Å². The van der Waals surface area contributed by atoms with Gasteiger partial charge in [-0.15, -0.1) is 0 Å². The smallest absolute Gasteiger partial charge is 0.0608 e. The van der Waals surface area contributed by atoms with Crippen LogP contribution in [-0.2, 0) is 0 Å². The normalized spacial score (nSPS) is 20.8. The van der Waals surface area contributed by atoms with E-state index in [0.29, 0.717) is 6.04 Å². The Morgan fingerprint density at radius 3 is 2.94 bits per heavy atom. The zero-order valence-electron chi connectivity index (χ0n) is 11.9. The molecule has 18 heavy (non-hydrogen) atoms. The molecule has 2 heterocycles. The van der Waals surface area contributed by atoms with E-state index in [1.807, 2.05) is 0 Å². The molecule has 0 aliphatic carbocycles. The molecule has 100 valence electrons. The summed E-state index contributed by atoms with van der Waals surface area (Å²) in [4.78, 5) is 7.09. The number of hydrogen-bond acceptors (Lipinski definition) is 3. The van der Waals surface area contributed by atoms with Crippen molar-refractivity contribution in [2.24, 2.45) is 0 Å². The molecule has 0 saturated carbocycles. The monoisotopic (exact) mass is 247 g/mol. The van der Waals surface area contributed by atoms with Crippen molar-refractivity contribution in [2.45, 2.75) is 46.1 Å². The number of anilines is 1. The van der Waals surface area contributed by atoms with Crippen molar-refractivity contribution in [1.82, 2.24) is 10.3 Å². The fraction of sp³-hybridized carbons (Fsp3) is 0.667. The summed E-state index contributed by atoms with van der Waals surface area (Å²) in [5.41, 5.74) is 3.58. The number of aryl methyl sites for hydroxylation is 2. The second-order valence-electron chi connectivity index (χ2n) is 5.30. The Kier molecular flexibility index (Phi) is 4.59. The minimum Gasteiger partial charge on any atom is -0.368 e. The van der Waals surface area contributed by atoms with Crippen LogP contribution < -0.4 is 10.2 Å². The van der Waals surface area contributed by atoms with Crippen molar-refractivity contribution in [3.05, 3.63) is 23.5 Å². The first kappa shape index (κ1) is 13.3. The molecule has 2 rings (SSSR count). The summed E-state index contributed by atoms with van der Waals surface area (Å²) in [5.74, 6) is 0. The standard InChI is InChI=1S/C15H25N3/c1-4-6-14-11-18(10-5-9-16-14)15-8-7-12(2)17-13(15)3/h7-8,14,16H,4-6,9-11H2,1-3H3. The van der Waals surface area contributed by atoms with Gasteiger partial charge in [0.2, 0.25) is 0 Å². The van der Waals surface area contributed by atoms with Crippen molar-refractivity contribution in [3.63, 3.8) is 0 Å². The molecule has 1 aliphatic rings. The average Bonchev–Trinajstić information content (AvgIpc) is 2.55. The Morgan fingerprint density at radius 1 is 1.39 bits per heavy atom. The summed E-state index contributed by atoms with van der Waals surface area (Å²) >= 11 is 0. The van der Waals surface area contributed by atoms with Gasteiger partial charge in [0.05, 0.1) is 11.4 Å². The SMILES string of the molecule is CCCC1CN(c2ccc(C)nc2C)CCCN1. The molecule has 1 unspecified atom stereocenters. The lowest BCUT2D eigenvalue weighted by molar-refractivity contribution is 0.502.